The van der Waals surface area contributed by atoms with Gasteiger partial charge in [-0.25, -0.2) is 0 Å². The molecule has 384 valence electrons. The molecule has 25 nitrogen and oxygen atoms in total. The van der Waals surface area contributed by atoms with E-state index in [0.717, 1.165) is 11.6 Å². The molecular weight excluding hydrogens is 928 g/mol. The van der Waals surface area contributed by atoms with Gasteiger partial charge in [-0.15, -0.1) is 0 Å². The quantitative estimate of drug-likeness (QED) is 0.0676. The predicted molar refractivity (Wildman–Crippen MR) is 227 cm³/mol. The fourth-order valence-electron chi connectivity index (χ4n) is 8.32. The van der Waals surface area contributed by atoms with E-state index in [1.54, 1.807) is 19.9 Å². The Bertz CT molecular complexity index is 2300. The van der Waals surface area contributed by atoms with Gasteiger partial charge in [0.25, 0.3) is 0 Å². The molecule has 5 heterocycles. The third-order valence-corrected chi connectivity index (χ3v) is 12.4. The molecule has 69 heavy (non-hydrogen) atoms. The number of phenolic OH excluding ortho intramolecular Hbond substituents is 2. The van der Waals surface area contributed by atoms with E-state index in [1.807, 2.05) is 0 Å². The van der Waals surface area contributed by atoms with Gasteiger partial charge in [-0.1, -0.05) is 11.6 Å². The minimum absolute atomic E-state index is 0.00828. The van der Waals surface area contributed by atoms with E-state index >= 15 is 0 Å². The van der Waals surface area contributed by atoms with Gasteiger partial charge in [-0.05, 0) is 51.5 Å². The molecule has 0 aliphatic carbocycles. The molecule has 4 aliphatic heterocycles. The molecule has 25 heteroatoms. The molecule has 20 atom stereocenters. The summed E-state index contributed by atoms with van der Waals surface area (Å²) >= 11 is 0. The average molecular weight is 987 g/mol. The van der Waals surface area contributed by atoms with Crippen molar-refractivity contribution in [3.8, 4) is 34.3 Å². The zero-order valence-corrected chi connectivity index (χ0v) is 37.1. The van der Waals surface area contributed by atoms with Gasteiger partial charge in [0.2, 0.25) is 23.8 Å². The van der Waals surface area contributed by atoms with Gasteiger partial charge in [0.1, 0.15) is 108 Å². The van der Waals surface area contributed by atoms with Crippen LogP contribution in [0.15, 0.2) is 51.2 Å². The standard InChI is InChI=1S/C44H58O25/c1-14(2)4-9-18-20(62-44-40(33(58)28(53)23(13-47)65-44)69-42-35(60)31(56)27(52)22(12-46)64-42)10-19(49)24-29(54)38(36(66-37(18)24)16-5-7-17(48)8-6-16)67-43-39(32(57)25(50)15(3)61-43)68-41-34(59)30(55)26(51)21(11-45)63-41/h4-8,10,15,21-23,25-28,30-35,39-53,55-60H,9,11-13H2,1-3H3/t15-,21+,22-,23-,25+,26+,27+,28+,30-,31-,32+,33+,34-,35-,39-,40-,41+,42+,43+,44-/m1/s1. The SMILES string of the molecule is CC(C)=CCc1c(O[C@@H]2O[C@H](CO)[C@H](O)[C@H](O)[C@H]2O[C@@H]2O[C@H](CO)[C@H](O)[C@@H](O)[C@H]2O)cc(O)c2c(=O)c(O[C@@H]3O[C@H](C)[C@H](O)[C@H](O)[C@H]3O[C@@H]3O[C@@H](CO)[C@H](O)[C@@H](O)[C@H]3O)c(-c3ccc(O)cc3)oc12. The number of aliphatic hydroxyl groups is 13. The molecule has 0 spiro atoms. The van der Waals surface area contributed by atoms with Crippen molar-refractivity contribution in [1.82, 2.24) is 0 Å². The fourth-order valence-corrected chi connectivity index (χ4v) is 8.32. The zero-order valence-electron chi connectivity index (χ0n) is 37.1. The highest BCUT2D eigenvalue weighted by atomic mass is 16.8. The van der Waals surface area contributed by atoms with Crippen molar-refractivity contribution in [3.05, 3.63) is 57.8 Å². The number of allylic oxidation sites excluding steroid dienone is 2. The Balaban J connectivity index is 1.34. The van der Waals surface area contributed by atoms with E-state index in [2.05, 4.69) is 0 Å². The van der Waals surface area contributed by atoms with Gasteiger partial charge in [0.15, 0.2) is 30.5 Å². The largest absolute Gasteiger partial charge is 0.508 e. The summed E-state index contributed by atoms with van der Waals surface area (Å²) in [5.41, 5.74) is -0.652. The topological polar surface area (TPSA) is 408 Å². The summed E-state index contributed by atoms with van der Waals surface area (Å²) < 4.78 is 53.2. The Kier molecular flexibility index (Phi) is 16.5. The number of hydrogen-bond acceptors (Lipinski definition) is 25. The maximum absolute atomic E-state index is 14.9. The molecular formula is C44H58O25. The molecule has 15 N–H and O–H groups in total. The fraction of sp³-hybridized carbons (Fsp3) is 0.614. The number of benzene rings is 2. The highest BCUT2D eigenvalue weighted by molar-refractivity contribution is 5.91. The first-order valence-corrected chi connectivity index (χ1v) is 21.9. The lowest BCUT2D eigenvalue weighted by Crippen LogP contribution is -2.65. The number of phenols is 2. The van der Waals surface area contributed by atoms with Crippen LogP contribution in [0, 0.1) is 0 Å². The molecule has 4 fully saturated rings. The van der Waals surface area contributed by atoms with Crippen LogP contribution in [0.4, 0.5) is 0 Å². The summed E-state index contributed by atoms with van der Waals surface area (Å²) in [5.74, 6) is -2.46. The van der Waals surface area contributed by atoms with Crippen LogP contribution in [-0.4, -0.2) is 219 Å². The van der Waals surface area contributed by atoms with Crippen LogP contribution >= 0.6 is 0 Å². The second-order valence-corrected chi connectivity index (χ2v) is 17.4. The van der Waals surface area contributed by atoms with Crippen molar-refractivity contribution in [1.29, 1.82) is 0 Å². The van der Waals surface area contributed by atoms with E-state index in [1.165, 1.54) is 31.2 Å². The lowest BCUT2D eigenvalue weighted by molar-refractivity contribution is -0.357. The first-order valence-electron chi connectivity index (χ1n) is 21.9. The number of rotatable bonds is 14. The third-order valence-electron chi connectivity index (χ3n) is 12.4. The Hall–Kier alpha value is -4.17. The van der Waals surface area contributed by atoms with Crippen LogP contribution in [0.1, 0.15) is 26.3 Å². The van der Waals surface area contributed by atoms with E-state index < -0.39 is 171 Å². The summed E-state index contributed by atoms with van der Waals surface area (Å²) in [5, 5.41) is 158. The van der Waals surface area contributed by atoms with Gasteiger partial charge >= 0.3 is 0 Å². The monoisotopic (exact) mass is 986 g/mol. The molecule has 0 unspecified atom stereocenters. The predicted octanol–water partition coefficient (Wildman–Crippen LogP) is -4.59. The van der Waals surface area contributed by atoms with Crippen molar-refractivity contribution in [2.75, 3.05) is 19.8 Å². The van der Waals surface area contributed by atoms with Crippen LogP contribution in [-0.2, 0) is 34.8 Å². The number of hydrogen-bond donors (Lipinski definition) is 15. The Morgan fingerprint density at radius 1 is 0.609 bits per heavy atom. The Labute approximate surface area is 391 Å². The van der Waals surface area contributed by atoms with E-state index in [9.17, 15) is 81.4 Å². The highest BCUT2D eigenvalue weighted by Crippen LogP contribution is 2.43. The maximum atomic E-state index is 14.9. The Morgan fingerprint density at radius 2 is 1.09 bits per heavy atom. The molecule has 0 bridgehead atoms. The number of ether oxygens (including phenoxy) is 8. The van der Waals surface area contributed by atoms with Crippen LogP contribution < -0.4 is 14.9 Å². The van der Waals surface area contributed by atoms with Crippen LogP contribution in [0.3, 0.4) is 0 Å². The number of aliphatic hydroxyl groups excluding tert-OH is 13. The van der Waals surface area contributed by atoms with Crippen molar-refractivity contribution >= 4 is 11.0 Å². The molecule has 7 rings (SSSR count). The lowest BCUT2D eigenvalue weighted by Gasteiger charge is -2.45. The van der Waals surface area contributed by atoms with Crippen LogP contribution in [0.5, 0.6) is 23.0 Å². The first-order chi connectivity index (χ1) is 32.7. The van der Waals surface area contributed by atoms with Gasteiger partial charge < -0.3 is 119 Å². The Morgan fingerprint density at radius 3 is 1.59 bits per heavy atom. The molecule has 0 radical (unpaired) electrons. The van der Waals surface area contributed by atoms with Crippen LogP contribution in [0.25, 0.3) is 22.3 Å². The molecule has 1 aromatic heterocycles. The molecule has 3 aromatic rings. The molecule has 0 amide bonds. The summed E-state index contributed by atoms with van der Waals surface area (Å²) in [7, 11) is 0. The minimum atomic E-state index is -1.99. The van der Waals surface area contributed by atoms with Crippen molar-refractivity contribution < 1.29 is 119 Å². The zero-order chi connectivity index (χ0) is 50.3. The third kappa shape index (κ3) is 10.4. The van der Waals surface area contributed by atoms with Crippen molar-refractivity contribution in [2.45, 2.75) is 150 Å². The summed E-state index contributed by atoms with van der Waals surface area (Å²) in [6.07, 6.45) is -34.3. The maximum Gasteiger partial charge on any atom is 0.239 e. The number of fused-ring (bicyclic) bond motifs is 1. The number of aromatic hydroxyl groups is 2. The van der Waals surface area contributed by atoms with Gasteiger partial charge in [0.05, 0.1) is 25.9 Å². The molecule has 2 aromatic carbocycles. The van der Waals surface area contributed by atoms with Crippen molar-refractivity contribution in [3.63, 3.8) is 0 Å². The van der Waals surface area contributed by atoms with Crippen LogP contribution in [0.2, 0.25) is 0 Å². The molecule has 0 saturated carbocycles. The first kappa shape index (κ1) is 52.6. The summed E-state index contributed by atoms with van der Waals surface area (Å²) in [6, 6.07) is 6.09. The van der Waals surface area contributed by atoms with Gasteiger partial charge in [-0.2, -0.15) is 0 Å². The average Bonchev–Trinajstić information content (AvgIpc) is 3.32. The molecule has 4 saturated heterocycles. The normalized spacial score (nSPS) is 38.4. The smallest absolute Gasteiger partial charge is 0.239 e. The summed E-state index contributed by atoms with van der Waals surface area (Å²) in [4.78, 5) is 14.9. The highest BCUT2D eigenvalue weighted by Gasteiger charge is 2.53. The van der Waals surface area contributed by atoms with Gasteiger partial charge in [-0.3, -0.25) is 4.79 Å². The van der Waals surface area contributed by atoms with E-state index in [-0.39, 0.29) is 34.6 Å². The lowest BCUT2D eigenvalue weighted by atomic mass is 9.97. The van der Waals surface area contributed by atoms with Crippen molar-refractivity contribution in [2.24, 2.45) is 0 Å². The molecule has 4 aliphatic rings. The second kappa shape index (κ2) is 21.7. The van der Waals surface area contributed by atoms with E-state index in [0.29, 0.717) is 0 Å². The van der Waals surface area contributed by atoms with E-state index in [4.69, 9.17) is 42.3 Å². The summed E-state index contributed by atoms with van der Waals surface area (Å²) in [6.45, 7) is 2.27. The van der Waals surface area contributed by atoms with Gasteiger partial charge in [0, 0.05) is 17.2 Å². The minimum Gasteiger partial charge on any atom is -0.508 e. The second-order valence-electron chi connectivity index (χ2n) is 17.4.